The monoisotopic (exact) mass is 342 g/mol. The molecule has 5 nitrogen and oxygen atoms in total. The van der Waals surface area contributed by atoms with E-state index >= 15 is 0 Å². The van der Waals surface area contributed by atoms with E-state index in [1.807, 2.05) is 36.2 Å². The van der Waals surface area contributed by atoms with Gasteiger partial charge < -0.3 is 19.7 Å². The summed E-state index contributed by atoms with van der Waals surface area (Å²) in [7, 11) is 3.53. The zero-order valence-electron chi connectivity index (χ0n) is 14.1. The second-order valence-corrected chi connectivity index (χ2v) is 5.77. The molecule has 1 aliphatic rings. The molecule has 1 aromatic carbocycles. The third-order valence-electron chi connectivity index (χ3n) is 4.17. The van der Waals surface area contributed by atoms with Gasteiger partial charge in [-0.2, -0.15) is 0 Å². The van der Waals surface area contributed by atoms with Crippen LogP contribution in [0.25, 0.3) is 0 Å². The van der Waals surface area contributed by atoms with E-state index in [2.05, 4.69) is 12.2 Å². The molecular formula is C17H27ClN2O3. The van der Waals surface area contributed by atoms with Gasteiger partial charge in [-0.15, -0.1) is 12.4 Å². The largest absolute Gasteiger partial charge is 0.496 e. The number of halogens is 1. The first-order chi connectivity index (χ1) is 10.6. The maximum Gasteiger partial charge on any atom is 0.225 e. The molecule has 1 N–H and O–H groups in total. The zero-order chi connectivity index (χ0) is 15.9. The number of ether oxygens (including phenoxy) is 2. The zero-order valence-corrected chi connectivity index (χ0v) is 14.9. The molecule has 0 radical (unpaired) electrons. The number of benzene rings is 1. The van der Waals surface area contributed by atoms with Gasteiger partial charge in [-0.25, -0.2) is 0 Å². The molecule has 130 valence electrons. The summed E-state index contributed by atoms with van der Waals surface area (Å²) in [6.07, 6.45) is 1.19. The average Bonchev–Trinajstić information content (AvgIpc) is 2.55. The van der Waals surface area contributed by atoms with Gasteiger partial charge in [0, 0.05) is 26.2 Å². The minimum atomic E-state index is -0.0119. The van der Waals surface area contributed by atoms with Crippen LogP contribution in [0.15, 0.2) is 24.3 Å². The predicted molar refractivity (Wildman–Crippen MR) is 93.4 cm³/mol. The molecule has 0 aliphatic carbocycles. The van der Waals surface area contributed by atoms with Crippen molar-refractivity contribution < 1.29 is 14.3 Å². The highest BCUT2D eigenvalue weighted by atomic mass is 35.5. The Morgan fingerprint density at radius 2 is 2.22 bits per heavy atom. The first kappa shape index (κ1) is 19.7. The number of nitrogens with one attached hydrogen (secondary N) is 1. The molecule has 1 heterocycles. The van der Waals surface area contributed by atoms with Crippen molar-refractivity contribution in [2.24, 2.45) is 0 Å². The molecule has 1 aromatic rings. The van der Waals surface area contributed by atoms with Crippen LogP contribution >= 0.6 is 12.4 Å². The summed E-state index contributed by atoms with van der Waals surface area (Å²) < 4.78 is 11.0. The van der Waals surface area contributed by atoms with Crippen LogP contribution in [0.5, 0.6) is 5.75 Å². The summed E-state index contributed by atoms with van der Waals surface area (Å²) in [6, 6.07) is 8.05. The maximum atomic E-state index is 12.4. The van der Waals surface area contributed by atoms with Gasteiger partial charge in [-0.1, -0.05) is 18.2 Å². The first-order valence-corrected chi connectivity index (χ1v) is 7.81. The van der Waals surface area contributed by atoms with Crippen LogP contribution in [-0.4, -0.2) is 56.8 Å². The molecule has 0 aromatic heterocycles. The smallest absolute Gasteiger partial charge is 0.225 e. The Bertz CT molecular complexity index is 492. The quantitative estimate of drug-likeness (QED) is 0.857. The van der Waals surface area contributed by atoms with Crippen molar-refractivity contribution in [3.63, 3.8) is 0 Å². The summed E-state index contributed by atoms with van der Waals surface area (Å²) in [5.74, 6) is 0.992. The lowest BCUT2D eigenvalue weighted by Crippen LogP contribution is -2.43. The molecule has 2 rings (SSSR count). The van der Waals surface area contributed by atoms with Crippen molar-refractivity contribution in [2.45, 2.75) is 31.9 Å². The lowest BCUT2D eigenvalue weighted by molar-refractivity contribution is -0.135. The Labute approximate surface area is 144 Å². The normalized spacial score (nSPS) is 18.7. The first-order valence-electron chi connectivity index (χ1n) is 7.81. The second-order valence-electron chi connectivity index (χ2n) is 5.77. The lowest BCUT2D eigenvalue weighted by Gasteiger charge is -2.29. The van der Waals surface area contributed by atoms with E-state index in [1.54, 1.807) is 7.11 Å². The molecule has 0 saturated carbocycles. The summed E-state index contributed by atoms with van der Waals surface area (Å²) in [5.41, 5.74) is 1.12. The van der Waals surface area contributed by atoms with Crippen molar-refractivity contribution in [3.05, 3.63) is 29.8 Å². The Balaban J connectivity index is 0.00000264. The van der Waals surface area contributed by atoms with E-state index in [4.69, 9.17) is 9.47 Å². The Morgan fingerprint density at radius 1 is 1.48 bits per heavy atom. The fraction of sp³-hybridized carbons (Fsp3) is 0.588. The van der Waals surface area contributed by atoms with Crippen LogP contribution in [0.3, 0.4) is 0 Å². The van der Waals surface area contributed by atoms with Crippen LogP contribution < -0.4 is 10.1 Å². The van der Waals surface area contributed by atoms with Crippen molar-refractivity contribution in [2.75, 3.05) is 33.9 Å². The number of likely N-dealkylation sites (N-methyl/N-ethyl adjacent to an activating group) is 1. The third-order valence-corrected chi connectivity index (χ3v) is 4.17. The van der Waals surface area contributed by atoms with Gasteiger partial charge in [-0.05, 0) is 25.0 Å². The Morgan fingerprint density at radius 3 is 2.87 bits per heavy atom. The van der Waals surface area contributed by atoms with Gasteiger partial charge in [0.05, 0.1) is 26.2 Å². The van der Waals surface area contributed by atoms with Crippen molar-refractivity contribution in [3.8, 4) is 5.75 Å². The molecule has 23 heavy (non-hydrogen) atoms. The number of amides is 1. The van der Waals surface area contributed by atoms with Crippen LogP contribution in [0.4, 0.5) is 0 Å². The number of nitrogens with zero attached hydrogens (tertiary/aromatic N) is 1. The third kappa shape index (κ3) is 5.68. The fourth-order valence-corrected chi connectivity index (χ4v) is 2.66. The minimum Gasteiger partial charge on any atom is -0.496 e. The van der Waals surface area contributed by atoms with Gasteiger partial charge in [0.25, 0.3) is 0 Å². The number of carbonyl (C=O) groups is 1. The number of carbonyl (C=O) groups excluding carboxylic acids is 1. The molecule has 1 fully saturated rings. The maximum absolute atomic E-state index is 12.4. The Kier molecular flexibility index (Phi) is 8.37. The fourth-order valence-electron chi connectivity index (χ4n) is 2.66. The summed E-state index contributed by atoms with van der Waals surface area (Å²) in [4.78, 5) is 14.2. The van der Waals surface area contributed by atoms with E-state index < -0.39 is 0 Å². The predicted octanol–water partition coefficient (Wildman–Crippen LogP) is 1.88. The van der Waals surface area contributed by atoms with Gasteiger partial charge in [0.15, 0.2) is 0 Å². The highest BCUT2D eigenvalue weighted by Gasteiger charge is 2.22. The van der Waals surface area contributed by atoms with Crippen LogP contribution in [0.1, 0.15) is 18.9 Å². The topological polar surface area (TPSA) is 50.8 Å². The molecule has 2 unspecified atom stereocenters. The van der Waals surface area contributed by atoms with Crippen molar-refractivity contribution >= 4 is 18.3 Å². The van der Waals surface area contributed by atoms with Crippen LogP contribution in [0, 0.1) is 0 Å². The highest BCUT2D eigenvalue weighted by Crippen LogP contribution is 2.20. The van der Waals surface area contributed by atoms with Crippen LogP contribution in [-0.2, 0) is 16.0 Å². The minimum absolute atomic E-state index is 0. The van der Waals surface area contributed by atoms with E-state index in [0.717, 1.165) is 30.8 Å². The number of hydrogen-bond acceptors (Lipinski definition) is 4. The van der Waals surface area contributed by atoms with Gasteiger partial charge >= 0.3 is 0 Å². The van der Waals surface area contributed by atoms with E-state index in [9.17, 15) is 4.79 Å². The van der Waals surface area contributed by atoms with E-state index in [-0.39, 0.29) is 30.5 Å². The highest BCUT2D eigenvalue weighted by molar-refractivity contribution is 5.85. The van der Waals surface area contributed by atoms with Crippen molar-refractivity contribution in [1.82, 2.24) is 10.2 Å². The van der Waals surface area contributed by atoms with Gasteiger partial charge in [0.2, 0.25) is 5.91 Å². The number of hydrogen-bond donors (Lipinski definition) is 1. The van der Waals surface area contributed by atoms with Gasteiger partial charge in [0.1, 0.15) is 5.75 Å². The molecule has 0 spiro atoms. The Hall–Kier alpha value is -1.30. The molecule has 1 aliphatic heterocycles. The summed E-state index contributed by atoms with van der Waals surface area (Å²) >= 11 is 0. The lowest BCUT2D eigenvalue weighted by atomic mass is 10.0. The number of morpholine rings is 1. The van der Waals surface area contributed by atoms with Crippen molar-refractivity contribution in [1.29, 1.82) is 0 Å². The molecule has 6 heteroatoms. The molecule has 2 atom stereocenters. The standard InChI is InChI=1S/C17H26N2O3.ClH/c1-13(10-14-6-4-5-7-16(14)21-3)19(2)17(20)11-15-12-18-8-9-22-15;/h4-7,13,15,18H,8-12H2,1-3H3;1H. The second kappa shape index (κ2) is 9.75. The number of methoxy groups -OCH3 is 1. The van der Waals surface area contributed by atoms with Crippen LogP contribution in [0.2, 0.25) is 0 Å². The molecule has 1 amide bonds. The van der Waals surface area contributed by atoms with E-state index in [1.165, 1.54) is 0 Å². The SMILES string of the molecule is COc1ccccc1CC(C)N(C)C(=O)CC1CNCCO1.Cl. The van der Waals surface area contributed by atoms with E-state index in [0.29, 0.717) is 13.0 Å². The molecule has 0 bridgehead atoms. The number of para-hydroxylation sites is 1. The van der Waals surface area contributed by atoms with Gasteiger partial charge in [-0.3, -0.25) is 4.79 Å². The number of rotatable bonds is 6. The average molecular weight is 343 g/mol. The molecular weight excluding hydrogens is 316 g/mol. The summed E-state index contributed by atoms with van der Waals surface area (Å²) in [5, 5.41) is 3.25. The summed E-state index contributed by atoms with van der Waals surface area (Å²) in [6.45, 7) is 4.36. The molecule has 1 saturated heterocycles.